The summed E-state index contributed by atoms with van der Waals surface area (Å²) in [6.45, 7) is 1.86. The molecule has 0 fully saturated rings. The quantitative estimate of drug-likeness (QED) is 0.654. The van der Waals surface area contributed by atoms with E-state index < -0.39 is 12.2 Å². The van der Waals surface area contributed by atoms with Gasteiger partial charge < -0.3 is 5.32 Å². The van der Waals surface area contributed by atoms with E-state index >= 15 is 0 Å². The second kappa shape index (κ2) is 7.74. The van der Waals surface area contributed by atoms with E-state index in [0.717, 1.165) is 27.6 Å². The smallest absolute Gasteiger partial charge is 0.255 e. The zero-order valence-electron chi connectivity index (χ0n) is 17.3. The number of fused-ring (bicyclic) bond motifs is 4. The molecular formula is C24H22N4O2S. The highest BCUT2D eigenvalue weighted by molar-refractivity contribution is 8.13. The Kier molecular flexibility index (Phi) is 4.90. The number of amidine groups is 1. The molecule has 2 aliphatic heterocycles. The Labute approximate surface area is 184 Å². The molecule has 6 nitrogen and oxygen atoms in total. The van der Waals surface area contributed by atoms with Crippen molar-refractivity contribution in [3.8, 4) is 0 Å². The van der Waals surface area contributed by atoms with Crippen molar-refractivity contribution in [2.75, 3.05) is 11.2 Å². The van der Waals surface area contributed by atoms with Gasteiger partial charge >= 0.3 is 0 Å². The number of carbonyl (C=O) groups is 2. The summed E-state index contributed by atoms with van der Waals surface area (Å²) in [5, 5.41) is 12.1. The summed E-state index contributed by atoms with van der Waals surface area (Å²) in [4.78, 5) is 28.3. The number of nitrogens with one attached hydrogen (secondary N) is 1. The first-order chi connectivity index (χ1) is 15.1. The first-order valence-electron chi connectivity index (χ1n) is 10.2. The monoisotopic (exact) mass is 430 g/mol. The molecule has 1 N–H and O–H groups in total. The number of carbonyl (C=O) groups excluding carboxylic acids is 2. The highest BCUT2D eigenvalue weighted by Gasteiger charge is 2.47. The number of hydrogen-bond donors (Lipinski definition) is 1. The summed E-state index contributed by atoms with van der Waals surface area (Å²) in [7, 11) is 0. The summed E-state index contributed by atoms with van der Waals surface area (Å²) in [5.41, 5.74) is 2.48. The molecule has 0 aromatic heterocycles. The van der Waals surface area contributed by atoms with Crippen molar-refractivity contribution in [3.63, 3.8) is 0 Å². The van der Waals surface area contributed by atoms with E-state index in [9.17, 15) is 9.59 Å². The molecule has 0 saturated carbocycles. The second-order valence-electron chi connectivity index (χ2n) is 7.50. The average Bonchev–Trinajstić information content (AvgIpc) is 2.82. The number of hydrazone groups is 1. The first-order valence-corrected chi connectivity index (χ1v) is 11.5. The van der Waals surface area contributed by atoms with Crippen LogP contribution >= 0.6 is 11.8 Å². The molecule has 0 bridgehead atoms. The van der Waals surface area contributed by atoms with Crippen LogP contribution in [0.1, 0.15) is 36.7 Å². The number of amides is 2. The van der Waals surface area contributed by atoms with Crippen molar-refractivity contribution in [3.05, 3.63) is 77.9 Å². The molecule has 0 unspecified atom stereocenters. The number of nitrogens with zero attached hydrogens (tertiary/aromatic N) is 3. The van der Waals surface area contributed by atoms with Crippen LogP contribution in [0.2, 0.25) is 0 Å². The van der Waals surface area contributed by atoms with Gasteiger partial charge in [0.25, 0.3) is 5.91 Å². The zero-order valence-corrected chi connectivity index (χ0v) is 18.1. The van der Waals surface area contributed by atoms with Crippen LogP contribution < -0.4 is 10.2 Å². The third-order valence-electron chi connectivity index (χ3n) is 5.80. The Morgan fingerprint density at radius 1 is 1.03 bits per heavy atom. The van der Waals surface area contributed by atoms with Crippen LogP contribution in [-0.4, -0.2) is 28.2 Å². The lowest BCUT2D eigenvalue weighted by Crippen LogP contribution is -2.55. The van der Waals surface area contributed by atoms with Crippen LogP contribution in [0.15, 0.2) is 71.8 Å². The van der Waals surface area contributed by atoms with E-state index in [-0.39, 0.29) is 11.8 Å². The van der Waals surface area contributed by atoms with Gasteiger partial charge in [0.15, 0.2) is 17.4 Å². The molecule has 2 amide bonds. The highest BCUT2D eigenvalue weighted by Crippen LogP contribution is 2.47. The van der Waals surface area contributed by atoms with Crippen molar-refractivity contribution in [2.45, 2.75) is 25.6 Å². The summed E-state index contributed by atoms with van der Waals surface area (Å²) in [6, 6.07) is 21.2. The van der Waals surface area contributed by atoms with Gasteiger partial charge in [-0.2, -0.15) is 0 Å². The molecule has 2 aliphatic rings. The van der Waals surface area contributed by atoms with Crippen LogP contribution in [0, 0.1) is 0 Å². The van der Waals surface area contributed by atoms with Crippen LogP contribution in [0.4, 0.5) is 5.69 Å². The number of rotatable bonds is 2. The summed E-state index contributed by atoms with van der Waals surface area (Å²) in [6.07, 6.45) is 1.69. The second-order valence-corrected chi connectivity index (χ2v) is 8.29. The van der Waals surface area contributed by atoms with E-state index in [1.54, 1.807) is 9.91 Å². The Bertz CT molecular complexity index is 1220. The van der Waals surface area contributed by atoms with E-state index in [1.165, 1.54) is 11.8 Å². The lowest BCUT2D eigenvalue weighted by Gasteiger charge is -2.48. The maximum atomic E-state index is 13.3. The lowest BCUT2D eigenvalue weighted by atomic mass is 9.93. The van der Waals surface area contributed by atoms with Gasteiger partial charge in [-0.15, -0.1) is 5.10 Å². The predicted octanol–water partition coefficient (Wildman–Crippen LogP) is 4.40. The number of thioether (sulfide) groups is 1. The molecule has 7 heteroatoms. The van der Waals surface area contributed by atoms with Gasteiger partial charge in [0.2, 0.25) is 5.91 Å². The molecule has 31 heavy (non-hydrogen) atoms. The van der Waals surface area contributed by atoms with Crippen LogP contribution in [0.5, 0.6) is 0 Å². The third kappa shape index (κ3) is 3.08. The maximum Gasteiger partial charge on any atom is 0.255 e. The molecule has 2 heterocycles. The Balaban J connectivity index is 1.83. The average molecular weight is 431 g/mol. The van der Waals surface area contributed by atoms with Gasteiger partial charge in [-0.25, -0.2) is 0 Å². The molecule has 0 spiro atoms. The van der Waals surface area contributed by atoms with Gasteiger partial charge in [0.1, 0.15) is 0 Å². The Morgan fingerprint density at radius 3 is 2.55 bits per heavy atom. The van der Waals surface area contributed by atoms with Crippen molar-refractivity contribution in [2.24, 2.45) is 5.10 Å². The minimum Gasteiger partial charge on any atom is -0.302 e. The summed E-state index contributed by atoms with van der Waals surface area (Å²) >= 11 is 1.38. The molecule has 0 radical (unpaired) electrons. The van der Waals surface area contributed by atoms with Crippen molar-refractivity contribution < 1.29 is 9.59 Å². The minimum atomic E-state index is -0.614. The molecule has 3 aromatic rings. The standard InChI is InChI=1S/C24H22N4O2S/c1-3-20(29)27-19-14-7-6-12-18(19)21-22(30)25-24(31-2)26-28(21)23(27)17-13-8-10-15-9-4-5-11-16(15)17/h4-14,21,23H,3H2,1-2H3,(H,25,26,30)/t21-,23-/m1/s1. The van der Waals surface area contributed by atoms with Crippen molar-refractivity contribution in [1.82, 2.24) is 10.3 Å². The van der Waals surface area contributed by atoms with Gasteiger partial charge in [-0.1, -0.05) is 79.3 Å². The molecule has 2 atom stereocenters. The van der Waals surface area contributed by atoms with E-state index in [0.29, 0.717) is 11.6 Å². The fourth-order valence-electron chi connectivity index (χ4n) is 4.44. The number of anilines is 1. The number of hydrogen-bond acceptors (Lipinski definition) is 5. The fourth-order valence-corrected chi connectivity index (χ4v) is 4.82. The number of benzene rings is 3. The first kappa shape index (κ1) is 19.6. The topological polar surface area (TPSA) is 65.0 Å². The molecule has 0 saturated heterocycles. The molecule has 3 aromatic carbocycles. The van der Waals surface area contributed by atoms with Crippen LogP contribution in [-0.2, 0) is 9.59 Å². The van der Waals surface area contributed by atoms with Gasteiger partial charge in [-0.3, -0.25) is 19.5 Å². The van der Waals surface area contributed by atoms with E-state index in [2.05, 4.69) is 23.5 Å². The van der Waals surface area contributed by atoms with E-state index in [4.69, 9.17) is 5.10 Å². The summed E-state index contributed by atoms with van der Waals surface area (Å²) in [5.74, 6) is -0.156. The Morgan fingerprint density at radius 2 is 1.74 bits per heavy atom. The highest BCUT2D eigenvalue weighted by atomic mass is 32.2. The minimum absolute atomic E-state index is 0.0179. The number of para-hydroxylation sites is 1. The maximum absolute atomic E-state index is 13.3. The normalized spacial score (nSPS) is 20.1. The molecular weight excluding hydrogens is 408 g/mol. The zero-order chi connectivity index (χ0) is 21.5. The van der Waals surface area contributed by atoms with Gasteiger partial charge in [0, 0.05) is 17.5 Å². The largest absolute Gasteiger partial charge is 0.302 e. The van der Waals surface area contributed by atoms with Gasteiger partial charge in [-0.05, 0) is 23.1 Å². The SMILES string of the molecule is CCC(=O)N1c2ccccc2[C@@H]2C(=O)NC(SC)=NN2[C@@H]1c1cccc2ccccc12. The fraction of sp³-hybridized carbons (Fsp3) is 0.208. The summed E-state index contributed by atoms with van der Waals surface area (Å²) < 4.78 is 0. The lowest BCUT2D eigenvalue weighted by molar-refractivity contribution is -0.130. The van der Waals surface area contributed by atoms with Crippen molar-refractivity contribution >= 4 is 45.2 Å². The molecule has 0 aliphatic carbocycles. The third-order valence-corrected chi connectivity index (χ3v) is 6.37. The van der Waals surface area contributed by atoms with Crippen molar-refractivity contribution in [1.29, 1.82) is 0 Å². The van der Waals surface area contributed by atoms with Crippen LogP contribution in [0.25, 0.3) is 10.8 Å². The Hall–Kier alpha value is -3.32. The molecule has 156 valence electrons. The van der Waals surface area contributed by atoms with Crippen LogP contribution in [0.3, 0.4) is 0 Å². The van der Waals surface area contributed by atoms with Gasteiger partial charge in [0.05, 0.1) is 5.69 Å². The molecule has 5 rings (SSSR count). The predicted molar refractivity (Wildman–Crippen MR) is 125 cm³/mol. The van der Waals surface area contributed by atoms with E-state index in [1.807, 2.05) is 61.7 Å².